The number of hydrogen-bond donors (Lipinski definition) is 1. The number of carbonyl (C=O) groups excluding carboxylic acids is 1. The molecule has 0 radical (unpaired) electrons. The maximum Gasteiger partial charge on any atom is 0.239 e. The SMILES string of the molecule is NC(Cc1ccc(-c2ncccn2)cc1)C(=O)N1CCCC1. The quantitative estimate of drug-likeness (QED) is 0.931. The van der Waals surface area contributed by atoms with Gasteiger partial charge in [-0.25, -0.2) is 9.97 Å². The largest absolute Gasteiger partial charge is 0.341 e. The Bertz CT molecular complexity index is 621. The van der Waals surface area contributed by atoms with Crippen molar-refractivity contribution in [1.29, 1.82) is 0 Å². The second-order valence-corrected chi connectivity index (χ2v) is 5.61. The van der Waals surface area contributed by atoms with Gasteiger partial charge >= 0.3 is 0 Å². The molecule has 1 unspecified atom stereocenters. The number of rotatable bonds is 4. The highest BCUT2D eigenvalue weighted by Gasteiger charge is 2.23. The lowest BCUT2D eigenvalue weighted by molar-refractivity contribution is -0.131. The van der Waals surface area contributed by atoms with E-state index < -0.39 is 6.04 Å². The number of amides is 1. The Morgan fingerprint density at radius 1 is 1.14 bits per heavy atom. The molecule has 114 valence electrons. The summed E-state index contributed by atoms with van der Waals surface area (Å²) in [5.41, 5.74) is 8.08. The van der Waals surface area contributed by atoms with Crippen LogP contribution in [0.25, 0.3) is 11.4 Å². The predicted octanol–water partition coefficient (Wildman–Crippen LogP) is 1.64. The van der Waals surface area contributed by atoms with E-state index in [-0.39, 0.29) is 5.91 Å². The summed E-state index contributed by atoms with van der Waals surface area (Å²) in [6, 6.07) is 9.25. The van der Waals surface area contributed by atoms with Gasteiger partial charge in [0.1, 0.15) is 0 Å². The summed E-state index contributed by atoms with van der Waals surface area (Å²) in [5.74, 6) is 0.763. The summed E-state index contributed by atoms with van der Waals surface area (Å²) in [7, 11) is 0. The molecule has 1 aromatic carbocycles. The van der Waals surface area contributed by atoms with Crippen LogP contribution in [0.15, 0.2) is 42.7 Å². The highest BCUT2D eigenvalue weighted by atomic mass is 16.2. The van der Waals surface area contributed by atoms with Crippen LogP contribution in [0.5, 0.6) is 0 Å². The van der Waals surface area contributed by atoms with E-state index in [1.54, 1.807) is 18.5 Å². The Balaban J connectivity index is 1.64. The molecule has 3 rings (SSSR count). The third-order valence-electron chi connectivity index (χ3n) is 3.97. The van der Waals surface area contributed by atoms with Crippen molar-refractivity contribution < 1.29 is 4.79 Å². The van der Waals surface area contributed by atoms with Crippen LogP contribution in [0.4, 0.5) is 0 Å². The number of carbonyl (C=O) groups is 1. The van der Waals surface area contributed by atoms with Crippen LogP contribution in [0.1, 0.15) is 18.4 Å². The fraction of sp³-hybridized carbons (Fsp3) is 0.353. The van der Waals surface area contributed by atoms with Gasteiger partial charge in [0.2, 0.25) is 5.91 Å². The van der Waals surface area contributed by atoms with E-state index in [1.807, 2.05) is 29.2 Å². The van der Waals surface area contributed by atoms with Crippen LogP contribution in [0, 0.1) is 0 Å². The van der Waals surface area contributed by atoms with Crippen LogP contribution >= 0.6 is 0 Å². The Hall–Kier alpha value is -2.27. The zero-order valence-corrected chi connectivity index (χ0v) is 12.5. The molecule has 0 saturated carbocycles. The van der Waals surface area contributed by atoms with E-state index >= 15 is 0 Å². The molecule has 1 aliphatic rings. The number of nitrogens with zero attached hydrogens (tertiary/aromatic N) is 3. The molecule has 1 aromatic heterocycles. The van der Waals surface area contributed by atoms with Crippen LogP contribution < -0.4 is 5.73 Å². The molecule has 0 spiro atoms. The summed E-state index contributed by atoms with van der Waals surface area (Å²) in [4.78, 5) is 22.5. The van der Waals surface area contributed by atoms with E-state index in [4.69, 9.17) is 5.73 Å². The average molecular weight is 296 g/mol. The molecule has 0 bridgehead atoms. The highest BCUT2D eigenvalue weighted by Crippen LogP contribution is 2.16. The molecule has 1 atom stereocenters. The summed E-state index contributed by atoms with van der Waals surface area (Å²) >= 11 is 0. The van der Waals surface area contributed by atoms with Crippen molar-refractivity contribution in [1.82, 2.24) is 14.9 Å². The summed E-state index contributed by atoms with van der Waals surface area (Å²) in [6.07, 6.45) is 6.18. The maximum absolute atomic E-state index is 12.2. The van der Waals surface area contributed by atoms with Crippen molar-refractivity contribution in [2.75, 3.05) is 13.1 Å². The third-order valence-corrected chi connectivity index (χ3v) is 3.97. The molecule has 1 aliphatic heterocycles. The molecule has 22 heavy (non-hydrogen) atoms. The van der Waals surface area contributed by atoms with Crippen molar-refractivity contribution in [2.45, 2.75) is 25.3 Å². The Labute approximate surface area is 130 Å². The number of hydrogen-bond acceptors (Lipinski definition) is 4. The topological polar surface area (TPSA) is 72.1 Å². The lowest BCUT2D eigenvalue weighted by Crippen LogP contribution is -2.43. The van der Waals surface area contributed by atoms with Crippen LogP contribution in [-0.4, -0.2) is 39.9 Å². The smallest absolute Gasteiger partial charge is 0.239 e. The first-order valence-electron chi connectivity index (χ1n) is 7.65. The molecule has 2 aromatic rings. The number of aromatic nitrogens is 2. The molecular weight excluding hydrogens is 276 g/mol. The van der Waals surface area contributed by atoms with E-state index in [9.17, 15) is 4.79 Å². The van der Waals surface area contributed by atoms with Gasteiger partial charge in [-0.2, -0.15) is 0 Å². The van der Waals surface area contributed by atoms with Gasteiger partial charge in [-0.3, -0.25) is 4.79 Å². The van der Waals surface area contributed by atoms with E-state index in [1.165, 1.54) is 0 Å². The van der Waals surface area contributed by atoms with Crippen molar-refractivity contribution in [3.8, 4) is 11.4 Å². The Morgan fingerprint density at radius 2 is 1.77 bits per heavy atom. The van der Waals surface area contributed by atoms with Gasteiger partial charge in [-0.15, -0.1) is 0 Å². The number of nitrogens with two attached hydrogens (primary N) is 1. The van der Waals surface area contributed by atoms with Crippen molar-refractivity contribution >= 4 is 5.91 Å². The van der Waals surface area contributed by atoms with E-state index in [2.05, 4.69) is 9.97 Å². The van der Waals surface area contributed by atoms with Gasteiger partial charge in [-0.05, 0) is 30.9 Å². The molecular formula is C17H20N4O. The standard InChI is InChI=1S/C17H20N4O/c18-15(17(22)21-10-1-2-11-21)12-13-4-6-14(7-5-13)16-19-8-3-9-20-16/h3-9,15H,1-2,10-12,18H2. The zero-order chi connectivity index (χ0) is 15.4. The molecule has 1 fully saturated rings. The van der Waals surface area contributed by atoms with Crippen LogP contribution in [0.3, 0.4) is 0 Å². The predicted molar refractivity (Wildman–Crippen MR) is 85.0 cm³/mol. The minimum atomic E-state index is -0.461. The third kappa shape index (κ3) is 3.31. The molecule has 2 N–H and O–H groups in total. The molecule has 2 heterocycles. The van der Waals surface area contributed by atoms with Gasteiger partial charge in [-0.1, -0.05) is 24.3 Å². The molecule has 5 nitrogen and oxygen atoms in total. The van der Waals surface area contributed by atoms with Crippen molar-refractivity contribution in [2.24, 2.45) is 5.73 Å². The zero-order valence-electron chi connectivity index (χ0n) is 12.5. The second kappa shape index (κ2) is 6.66. The fourth-order valence-electron chi connectivity index (χ4n) is 2.75. The summed E-state index contributed by atoms with van der Waals surface area (Å²) in [6.45, 7) is 1.69. The second-order valence-electron chi connectivity index (χ2n) is 5.61. The molecule has 0 aliphatic carbocycles. The first kappa shape index (κ1) is 14.7. The highest BCUT2D eigenvalue weighted by molar-refractivity contribution is 5.82. The van der Waals surface area contributed by atoms with Gasteiger partial charge in [0.25, 0.3) is 0 Å². The summed E-state index contributed by atoms with van der Waals surface area (Å²) in [5, 5.41) is 0. The van der Waals surface area contributed by atoms with E-state index in [0.29, 0.717) is 12.2 Å². The first-order valence-corrected chi connectivity index (χ1v) is 7.65. The monoisotopic (exact) mass is 296 g/mol. The number of likely N-dealkylation sites (tertiary alicyclic amines) is 1. The van der Waals surface area contributed by atoms with E-state index in [0.717, 1.165) is 37.1 Å². The number of benzene rings is 1. The lowest BCUT2D eigenvalue weighted by atomic mass is 10.0. The van der Waals surface area contributed by atoms with Gasteiger partial charge < -0.3 is 10.6 Å². The normalized spacial score (nSPS) is 15.8. The van der Waals surface area contributed by atoms with Crippen LogP contribution in [0.2, 0.25) is 0 Å². The fourth-order valence-corrected chi connectivity index (χ4v) is 2.75. The van der Waals surface area contributed by atoms with Gasteiger partial charge in [0.15, 0.2) is 5.82 Å². The van der Waals surface area contributed by atoms with Crippen molar-refractivity contribution in [3.05, 3.63) is 48.3 Å². The molecule has 5 heteroatoms. The maximum atomic E-state index is 12.2. The minimum Gasteiger partial charge on any atom is -0.341 e. The summed E-state index contributed by atoms with van der Waals surface area (Å²) < 4.78 is 0. The Morgan fingerprint density at radius 3 is 2.41 bits per heavy atom. The Kier molecular flexibility index (Phi) is 4.44. The molecule has 1 amide bonds. The van der Waals surface area contributed by atoms with Gasteiger partial charge in [0.05, 0.1) is 6.04 Å². The first-order chi connectivity index (χ1) is 10.7. The minimum absolute atomic E-state index is 0.0629. The van der Waals surface area contributed by atoms with Crippen LogP contribution in [-0.2, 0) is 11.2 Å². The van der Waals surface area contributed by atoms with Gasteiger partial charge in [0, 0.05) is 31.0 Å². The lowest BCUT2D eigenvalue weighted by Gasteiger charge is -2.20. The average Bonchev–Trinajstić information content (AvgIpc) is 3.10. The molecule has 1 saturated heterocycles. The van der Waals surface area contributed by atoms with Crippen molar-refractivity contribution in [3.63, 3.8) is 0 Å².